The molecule has 2 heterocycles. The summed E-state index contributed by atoms with van der Waals surface area (Å²) in [6.07, 6.45) is 6.10. The first-order chi connectivity index (χ1) is 11.4. The van der Waals surface area contributed by atoms with E-state index in [2.05, 4.69) is 34.6 Å². The zero-order valence-corrected chi connectivity index (χ0v) is 15.4. The van der Waals surface area contributed by atoms with Crippen molar-refractivity contribution < 1.29 is 4.79 Å². The lowest BCUT2D eigenvalue weighted by Crippen LogP contribution is -2.39. The third-order valence-electron chi connectivity index (χ3n) is 4.28. The predicted molar refractivity (Wildman–Crippen MR) is 95.0 cm³/mol. The quantitative estimate of drug-likeness (QED) is 0.836. The zero-order chi connectivity index (χ0) is 17.3. The standard InChI is InChI=1S/C17H25N5OS/c1-10(2)22-8-14(7-18-22)12(4)20-17(23)21-15(13-5-6-13)16-19-11(3)9-24-16/h7-10,12-13,15H,5-6H2,1-4H3,(H2,20,21,23). The predicted octanol–water partition coefficient (Wildman–Crippen LogP) is 3.74. The molecule has 1 fully saturated rings. The highest BCUT2D eigenvalue weighted by atomic mass is 32.1. The lowest BCUT2D eigenvalue weighted by Gasteiger charge is -2.19. The van der Waals surface area contributed by atoms with Crippen LogP contribution in [0.25, 0.3) is 0 Å². The number of nitrogens with one attached hydrogen (secondary N) is 2. The number of thiazole rings is 1. The van der Waals surface area contributed by atoms with Crippen molar-refractivity contribution in [3.8, 4) is 0 Å². The van der Waals surface area contributed by atoms with Gasteiger partial charge in [0.1, 0.15) is 5.01 Å². The summed E-state index contributed by atoms with van der Waals surface area (Å²) in [5.74, 6) is 0.514. The van der Waals surface area contributed by atoms with Crippen molar-refractivity contribution >= 4 is 17.4 Å². The molecule has 2 aromatic heterocycles. The summed E-state index contributed by atoms with van der Waals surface area (Å²) >= 11 is 1.62. The molecular formula is C17H25N5OS. The summed E-state index contributed by atoms with van der Waals surface area (Å²) in [6, 6.07) is 0.0985. The Morgan fingerprint density at radius 2 is 2.08 bits per heavy atom. The van der Waals surface area contributed by atoms with E-state index in [9.17, 15) is 4.79 Å². The van der Waals surface area contributed by atoms with Crippen LogP contribution in [0.1, 0.15) is 68.0 Å². The molecule has 2 unspecified atom stereocenters. The molecule has 0 spiro atoms. The van der Waals surface area contributed by atoms with Gasteiger partial charge in [0, 0.05) is 28.9 Å². The van der Waals surface area contributed by atoms with E-state index in [-0.39, 0.29) is 18.1 Å². The second-order valence-electron chi connectivity index (χ2n) is 6.83. The molecule has 1 aliphatic carbocycles. The van der Waals surface area contributed by atoms with Crippen molar-refractivity contribution in [2.75, 3.05) is 0 Å². The van der Waals surface area contributed by atoms with E-state index < -0.39 is 0 Å². The largest absolute Gasteiger partial charge is 0.332 e. The first kappa shape index (κ1) is 17.0. The van der Waals surface area contributed by atoms with E-state index in [0.29, 0.717) is 12.0 Å². The van der Waals surface area contributed by atoms with Crippen LogP contribution in [-0.2, 0) is 0 Å². The number of aryl methyl sites for hydroxylation is 1. The van der Waals surface area contributed by atoms with E-state index in [1.54, 1.807) is 11.3 Å². The molecule has 6 nitrogen and oxygen atoms in total. The molecule has 7 heteroatoms. The van der Waals surface area contributed by atoms with Gasteiger partial charge in [-0.25, -0.2) is 9.78 Å². The van der Waals surface area contributed by atoms with Gasteiger partial charge in [0.25, 0.3) is 0 Å². The van der Waals surface area contributed by atoms with Crippen molar-refractivity contribution in [1.29, 1.82) is 0 Å². The minimum absolute atomic E-state index is 0.0225. The number of carbonyl (C=O) groups excluding carboxylic acids is 1. The van der Waals surface area contributed by atoms with Gasteiger partial charge in [0.05, 0.1) is 18.3 Å². The summed E-state index contributed by atoms with van der Waals surface area (Å²) < 4.78 is 1.90. The fourth-order valence-corrected chi connectivity index (χ4v) is 3.59. The minimum Gasteiger partial charge on any atom is -0.332 e. The molecule has 0 aromatic carbocycles. The van der Waals surface area contributed by atoms with Crippen LogP contribution in [0.15, 0.2) is 17.8 Å². The first-order valence-corrected chi connectivity index (χ1v) is 9.35. The van der Waals surface area contributed by atoms with Crippen LogP contribution in [-0.4, -0.2) is 20.8 Å². The van der Waals surface area contributed by atoms with Crippen LogP contribution in [0.2, 0.25) is 0 Å². The maximum Gasteiger partial charge on any atom is 0.315 e. The molecule has 2 amide bonds. The number of urea groups is 1. The van der Waals surface area contributed by atoms with Gasteiger partial charge < -0.3 is 10.6 Å². The van der Waals surface area contributed by atoms with Gasteiger partial charge in [-0.2, -0.15) is 5.10 Å². The molecule has 24 heavy (non-hydrogen) atoms. The van der Waals surface area contributed by atoms with Crippen LogP contribution in [0.3, 0.4) is 0 Å². The Morgan fingerprint density at radius 1 is 1.33 bits per heavy atom. The molecule has 3 rings (SSSR count). The van der Waals surface area contributed by atoms with Crippen LogP contribution < -0.4 is 10.6 Å². The van der Waals surface area contributed by atoms with Gasteiger partial charge in [0.2, 0.25) is 0 Å². The molecule has 2 aromatic rings. The van der Waals surface area contributed by atoms with E-state index in [0.717, 1.165) is 29.1 Å². The fraction of sp³-hybridized carbons (Fsp3) is 0.588. The van der Waals surface area contributed by atoms with Gasteiger partial charge in [-0.15, -0.1) is 11.3 Å². The molecule has 0 bridgehead atoms. The lowest BCUT2D eigenvalue weighted by atomic mass is 10.2. The molecule has 2 N–H and O–H groups in total. The molecule has 0 aliphatic heterocycles. The van der Waals surface area contributed by atoms with Crippen molar-refractivity contribution in [3.63, 3.8) is 0 Å². The summed E-state index contributed by atoms with van der Waals surface area (Å²) in [5.41, 5.74) is 2.02. The van der Waals surface area contributed by atoms with Gasteiger partial charge in [-0.3, -0.25) is 4.68 Å². The van der Waals surface area contributed by atoms with Crippen molar-refractivity contribution in [2.45, 2.75) is 58.7 Å². The SMILES string of the molecule is Cc1csc(C(NC(=O)NC(C)c2cnn(C(C)C)c2)C2CC2)n1. The summed E-state index contributed by atoms with van der Waals surface area (Å²) in [5, 5.41) is 13.5. The molecule has 1 aliphatic rings. The van der Waals surface area contributed by atoms with Crippen LogP contribution in [0, 0.1) is 12.8 Å². The second kappa shape index (κ2) is 6.93. The molecule has 0 saturated heterocycles. The molecule has 2 atom stereocenters. The van der Waals surface area contributed by atoms with Crippen molar-refractivity contribution in [3.05, 3.63) is 34.0 Å². The van der Waals surface area contributed by atoms with Crippen molar-refractivity contribution in [1.82, 2.24) is 25.4 Å². The van der Waals surface area contributed by atoms with Gasteiger partial charge in [-0.1, -0.05) is 0 Å². The number of aromatic nitrogens is 3. The Labute approximate surface area is 146 Å². The highest BCUT2D eigenvalue weighted by molar-refractivity contribution is 7.09. The normalized spacial score (nSPS) is 16.9. The number of nitrogens with zero attached hydrogens (tertiary/aromatic N) is 3. The molecule has 0 radical (unpaired) electrons. The number of amides is 2. The minimum atomic E-state index is -0.149. The number of hydrogen-bond acceptors (Lipinski definition) is 4. The van der Waals surface area contributed by atoms with E-state index in [1.165, 1.54) is 0 Å². The zero-order valence-electron chi connectivity index (χ0n) is 14.6. The lowest BCUT2D eigenvalue weighted by molar-refractivity contribution is 0.232. The highest BCUT2D eigenvalue weighted by Crippen LogP contribution is 2.41. The topological polar surface area (TPSA) is 71.8 Å². The van der Waals surface area contributed by atoms with Crippen molar-refractivity contribution in [2.24, 2.45) is 5.92 Å². The van der Waals surface area contributed by atoms with Crippen LogP contribution in [0.5, 0.6) is 0 Å². The Morgan fingerprint density at radius 3 is 2.62 bits per heavy atom. The van der Waals surface area contributed by atoms with Gasteiger partial charge in [0.15, 0.2) is 0 Å². The molecule has 130 valence electrons. The maximum atomic E-state index is 12.4. The maximum absolute atomic E-state index is 12.4. The van der Waals surface area contributed by atoms with Crippen LogP contribution >= 0.6 is 11.3 Å². The Bertz CT molecular complexity index is 703. The molecule has 1 saturated carbocycles. The summed E-state index contributed by atoms with van der Waals surface area (Å²) in [4.78, 5) is 17.0. The average Bonchev–Trinajstić information content (AvgIpc) is 3.06. The number of hydrogen-bond donors (Lipinski definition) is 2. The third-order valence-corrected chi connectivity index (χ3v) is 5.33. The van der Waals surface area contributed by atoms with Crippen LogP contribution in [0.4, 0.5) is 4.79 Å². The summed E-state index contributed by atoms with van der Waals surface area (Å²) in [6.45, 7) is 8.12. The number of rotatable bonds is 6. The number of carbonyl (C=O) groups is 1. The molecular weight excluding hydrogens is 322 g/mol. The monoisotopic (exact) mass is 347 g/mol. The Hall–Kier alpha value is -1.89. The average molecular weight is 347 g/mol. The van der Waals surface area contributed by atoms with E-state index in [4.69, 9.17) is 0 Å². The van der Waals surface area contributed by atoms with E-state index >= 15 is 0 Å². The Balaban J connectivity index is 1.61. The van der Waals surface area contributed by atoms with Gasteiger partial charge >= 0.3 is 6.03 Å². The first-order valence-electron chi connectivity index (χ1n) is 8.47. The third kappa shape index (κ3) is 3.95. The highest BCUT2D eigenvalue weighted by Gasteiger charge is 2.35. The van der Waals surface area contributed by atoms with E-state index in [1.807, 2.05) is 36.3 Å². The second-order valence-corrected chi connectivity index (χ2v) is 7.72. The van der Waals surface area contributed by atoms with Gasteiger partial charge in [-0.05, 0) is 46.5 Å². The smallest absolute Gasteiger partial charge is 0.315 e. The fourth-order valence-electron chi connectivity index (χ4n) is 2.65. The Kier molecular flexibility index (Phi) is 4.89. The summed E-state index contributed by atoms with van der Waals surface area (Å²) in [7, 11) is 0.